The monoisotopic (exact) mass is 207 g/mol. The highest BCUT2D eigenvalue weighted by molar-refractivity contribution is 6.31. The molecule has 0 heterocycles. The Morgan fingerprint density at radius 1 is 1.50 bits per heavy atom. The Kier molecular flexibility index (Phi) is 1.71. The third kappa shape index (κ3) is 0.945. The molecule has 0 aromatic heterocycles. The first kappa shape index (κ1) is 8.75. The first-order valence-electron chi connectivity index (χ1n) is 5.26. The Morgan fingerprint density at radius 2 is 2.36 bits per heavy atom. The van der Waals surface area contributed by atoms with E-state index in [4.69, 9.17) is 17.3 Å². The molecule has 0 amide bonds. The molecule has 2 aliphatic carbocycles. The molecule has 3 rings (SSSR count). The number of hydrogen-bond donors (Lipinski definition) is 1. The van der Waals surface area contributed by atoms with Crippen molar-refractivity contribution in [3.63, 3.8) is 0 Å². The van der Waals surface area contributed by atoms with E-state index in [1.165, 1.54) is 24.0 Å². The topological polar surface area (TPSA) is 26.0 Å². The number of benzene rings is 1. The molecule has 1 spiro atoms. The molecule has 2 atom stereocenters. The average molecular weight is 208 g/mol. The molecule has 2 unspecified atom stereocenters. The van der Waals surface area contributed by atoms with Crippen LogP contribution in [0.4, 0.5) is 0 Å². The van der Waals surface area contributed by atoms with Gasteiger partial charge in [-0.3, -0.25) is 0 Å². The van der Waals surface area contributed by atoms with Crippen LogP contribution in [0.3, 0.4) is 0 Å². The van der Waals surface area contributed by atoms with Crippen molar-refractivity contribution in [2.45, 2.75) is 24.7 Å². The predicted molar refractivity (Wildman–Crippen MR) is 58.6 cm³/mol. The second-order valence-corrected chi connectivity index (χ2v) is 4.97. The highest BCUT2D eigenvalue weighted by Crippen LogP contribution is 2.61. The second-order valence-electron chi connectivity index (χ2n) is 4.56. The first-order chi connectivity index (χ1) is 6.78. The maximum atomic E-state index is 6.18. The molecule has 1 nitrogen and oxygen atoms in total. The Hall–Kier alpha value is -0.530. The number of hydrogen-bond acceptors (Lipinski definition) is 1. The summed E-state index contributed by atoms with van der Waals surface area (Å²) in [6.07, 6.45) is 3.68. The van der Waals surface area contributed by atoms with Gasteiger partial charge in [0.1, 0.15) is 0 Å². The van der Waals surface area contributed by atoms with Crippen LogP contribution in [-0.4, -0.2) is 6.54 Å². The largest absolute Gasteiger partial charge is 0.330 e. The minimum Gasteiger partial charge on any atom is -0.330 e. The Morgan fingerprint density at radius 3 is 3.07 bits per heavy atom. The quantitative estimate of drug-likeness (QED) is 0.753. The van der Waals surface area contributed by atoms with E-state index in [-0.39, 0.29) is 0 Å². The third-order valence-electron chi connectivity index (χ3n) is 3.99. The van der Waals surface area contributed by atoms with Crippen molar-refractivity contribution in [1.29, 1.82) is 0 Å². The number of fused-ring (bicyclic) bond motifs is 2. The molecule has 2 heteroatoms. The van der Waals surface area contributed by atoms with Crippen LogP contribution in [-0.2, 0) is 11.8 Å². The Bertz CT molecular complexity index is 388. The lowest BCUT2D eigenvalue weighted by Gasteiger charge is -2.10. The van der Waals surface area contributed by atoms with Crippen molar-refractivity contribution >= 4 is 11.6 Å². The van der Waals surface area contributed by atoms with Crippen molar-refractivity contribution in [3.05, 3.63) is 34.3 Å². The van der Waals surface area contributed by atoms with Gasteiger partial charge < -0.3 is 5.73 Å². The molecule has 74 valence electrons. The number of halogens is 1. The Labute approximate surface area is 89.3 Å². The lowest BCUT2D eigenvalue weighted by molar-refractivity contribution is 0.601. The molecule has 1 saturated carbocycles. The predicted octanol–water partition coefficient (Wildman–Crippen LogP) is 2.50. The lowest BCUT2D eigenvalue weighted by atomic mass is 9.95. The van der Waals surface area contributed by atoms with Crippen LogP contribution in [0.1, 0.15) is 24.0 Å². The molecule has 0 bridgehead atoms. The van der Waals surface area contributed by atoms with Crippen molar-refractivity contribution in [2.24, 2.45) is 11.7 Å². The van der Waals surface area contributed by atoms with Crippen molar-refractivity contribution in [2.75, 3.05) is 6.54 Å². The van der Waals surface area contributed by atoms with Gasteiger partial charge in [0.15, 0.2) is 0 Å². The van der Waals surface area contributed by atoms with Crippen molar-refractivity contribution in [1.82, 2.24) is 0 Å². The molecule has 14 heavy (non-hydrogen) atoms. The molecule has 2 aliphatic rings. The van der Waals surface area contributed by atoms with Gasteiger partial charge in [-0.1, -0.05) is 23.7 Å². The highest BCUT2D eigenvalue weighted by Gasteiger charge is 2.57. The second kappa shape index (κ2) is 2.74. The van der Waals surface area contributed by atoms with Gasteiger partial charge in [0.25, 0.3) is 0 Å². The number of nitrogens with two attached hydrogens (primary N) is 1. The van der Waals surface area contributed by atoms with Crippen LogP contribution in [0.2, 0.25) is 5.02 Å². The van der Waals surface area contributed by atoms with Crippen LogP contribution >= 0.6 is 11.6 Å². The van der Waals surface area contributed by atoms with E-state index in [1.807, 2.05) is 6.07 Å². The third-order valence-corrected chi connectivity index (χ3v) is 4.35. The fourth-order valence-electron chi connectivity index (χ4n) is 3.09. The summed E-state index contributed by atoms with van der Waals surface area (Å²) in [5.41, 5.74) is 9.04. The minimum absolute atomic E-state index is 0.426. The zero-order chi connectivity index (χ0) is 9.76. The fourth-order valence-corrected chi connectivity index (χ4v) is 3.36. The van der Waals surface area contributed by atoms with Crippen molar-refractivity contribution < 1.29 is 0 Å². The van der Waals surface area contributed by atoms with E-state index < -0.39 is 0 Å². The standard InChI is InChI=1S/C12H14ClN/c13-11-3-1-2-10-9(11)4-5-12(10)6-8(12)7-14/h1-3,8H,4-7,14H2. The Balaban J connectivity index is 2.08. The minimum atomic E-state index is 0.426. The summed E-state index contributed by atoms with van der Waals surface area (Å²) in [6, 6.07) is 6.31. The zero-order valence-corrected chi connectivity index (χ0v) is 8.85. The molecule has 0 saturated heterocycles. The molecule has 1 aromatic carbocycles. The maximum absolute atomic E-state index is 6.18. The van der Waals surface area contributed by atoms with Crippen LogP contribution in [0.5, 0.6) is 0 Å². The molecular weight excluding hydrogens is 194 g/mol. The highest BCUT2D eigenvalue weighted by atomic mass is 35.5. The summed E-state index contributed by atoms with van der Waals surface area (Å²) in [5, 5.41) is 0.946. The van der Waals surface area contributed by atoms with Crippen LogP contribution in [0.25, 0.3) is 0 Å². The molecular formula is C12H14ClN. The average Bonchev–Trinajstić information content (AvgIpc) is 2.77. The summed E-state index contributed by atoms with van der Waals surface area (Å²) in [4.78, 5) is 0. The van der Waals surface area contributed by atoms with Crippen LogP contribution in [0.15, 0.2) is 18.2 Å². The molecule has 0 radical (unpaired) electrons. The number of rotatable bonds is 1. The molecule has 0 aliphatic heterocycles. The van der Waals surface area contributed by atoms with Gasteiger partial charge in [-0.05, 0) is 48.9 Å². The first-order valence-corrected chi connectivity index (χ1v) is 5.64. The van der Waals surface area contributed by atoms with E-state index in [0.29, 0.717) is 11.3 Å². The summed E-state index contributed by atoms with van der Waals surface area (Å²) in [7, 11) is 0. The molecule has 1 aromatic rings. The summed E-state index contributed by atoms with van der Waals surface area (Å²) >= 11 is 6.18. The lowest BCUT2D eigenvalue weighted by Crippen LogP contribution is -2.12. The van der Waals surface area contributed by atoms with Gasteiger partial charge in [-0.2, -0.15) is 0 Å². The van der Waals surface area contributed by atoms with E-state index in [2.05, 4.69) is 12.1 Å². The summed E-state index contributed by atoms with van der Waals surface area (Å²) in [6.45, 7) is 0.825. The smallest absolute Gasteiger partial charge is 0.0440 e. The fraction of sp³-hybridized carbons (Fsp3) is 0.500. The van der Waals surface area contributed by atoms with E-state index in [0.717, 1.165) is 18.0 Å². The van der Waals surface area contributed by atoms with Gasteiger partial charge in [0.05, 0.1) is 0 Å². The molecule has 1 fully saturated rings. The van der Waals surface area contributed by atoms with E-state index in [1.54, 1.807) is 0 Å². The van der Waals surface area contributed by atoms with Crippen LogP contribution in [0, 0.1) is 5.92 Å². The summed E-state index contributed by atoms with van der Waals surface area (Å²) in [5.74, 6) is 0.710. The van der Waals surface area contributed by atoms with Crippen molar-refractivity contribution in [3.8, 4) is 0 Å². The van der Waals surface area contributed by atoms with E-state index >= 15 is 0 Å². The van der Waals surface area contributed by atoms with Gasteiger partial charge in [0.2, 0.25) is 0 Å². The van der Waals surface area contributed by atoms with Crippen LogP contribution < -0.4 is 5.73 Å². The van der Waals surface area contributed by atoms with E-state index in [9.17, 15) is 0 Å². The zero-order valence-electron chi connectivity index (χ0n) is 8.09. The van der Waals surface area contributed by atoms with Gasteiger partial charge in [0, 0.05) is 10.4 Å². The SMILES string of the molecule is NCC1CC12CCc1c(Cl)cccc12. The normalized spacial score (nSPS) is 33.4. The summed E-state index contributed by atoms with van der Waals surface area (Å²) < 4.78 is 0. The van der Waals surface area contributed by atoms with Gasteiger partial charge in [-0.15, -0.1) is 0 Å². The van der Waals surface area contributed by atoms with Gasteiger partial charge in [-0.25, -0.2) is 0 Å². The molecule has 2 N–H and O–H groups in total. The maximum Gasteiger partial charge on any atom is 0.0440 e. The van der Waals surface area contributed by atoms with Gasteiger partial charge >= 0.3 is 0 Å².